The second kappa shape index (κ2) is 11.3. The van der Waals surface area contributed by atoms with Gasteiger partial charge in [0, 0.05) is 23.3 Å². The summed E-state index contributed by atoms with van der Waals surface area (Å²) in [6, 6.07) is 7.24. The van der Waals surface area contributed by atoms with Crippen molar-refractivity contribution in [1.82, 2.24) is 39.4 Å². The lowest BCUT2D eigenvalue weighted by Crippen LogP contribution is -2.37. The predicted octanol–water partition coefficient (Wildman–Crippen LogP) is 2.59. The van der Waals surface area contributed by atoms with Gasteiger partial charge in [-0.05, 0) is 49.2 Å². The number of benzene rings is 1. The topological polar surface area (TPSA) is 153 Å². The van der Waals surface area contributed by atoms with E-state index in [1.165, 1.54) is 24.3 Å². The highest BCUT2D eigenvalue weighted by atomic mass is 35.5. The number of halogens is 7. The molecule has 1 aromatic carbocycles. The second-order valence-corrected chi connectivity index (χ2v) is 10.4. The van der Waals surface area contributed by atoms with E-state index in [1.807, 2.05) is 0 Å². The molecule has 0 spiro atoms. The monoisotopic (exact) mass is 646 g/mol. The molecule has 3 heterocycles. The zero-order valence-corrected chi connectivity index (χ0v) is 22.9. The summed E-state index contributed by atoms with van der Waals surface area (Å²) in [6.07, 6.45) is -11.1. The number of rotatable bonds is 9. The van der Waals surface area contributed by atoms with Gasteiger partial charge in [-0.1, -0.05) is 11.6 Å². The van der Waals surface area contributed by atoms with Gasteiger partial charge in [0.25, 0.3) is 5.91 Å². The minimum absolute atomic E-state index is 0.152. The number of hydrogen-bond donors (Lipinski definition) is 3. The maximum absolute atomic E-state index is 13.8. The fourth-order valence-electron chi connectivity index (χ4n) is 4.08. The average molecular weight is 647 g/mol. The van der Waals surface area contributed by atoms with Crippen molar-refractivity contribution >= 4 is 17.5 Å². The van der Waals surface area contributed by atoms with Gasteiger partial charge in [0.15, 0.2) is 23.6 Å². The molecule has 1 fully saturated rings. The molecule has 1 atom stereocenters. The first kappa shape index (κ1) is 31.1. The van der Waals surface area contributed by atoms with Gasteiger partial charge in [0.1, 0.15) is 12.1 Å². The van der Waals surface area contributed by atoms with Crippen molar-refractivity contribution in [3.63, 3.8) is 0 Å². The van der Waals surface area contributed by atoms with E-state index < -0.39 is 71.8 Å². The number of alkyl halides is 6. The molecule has 0 saturated heterocycles. The number of nitrogens with zero attached hydrogens (tertiary/aromatic N) is 7. The van der Waals surface area contributed by atoms with Gasteiger partial charge >= 0.3 is 18.0 Å². The van der Waals surface area contributed by atoms with E-state index in [2.05, 4.69) is 25.5 Å². The molecule has 1 saturated carbocycles. The summed E-state index contributed by atoms with van der Waals surface area (Å²) >= 11 is 5.89. The molecular weight excluding hydrogens is 626 g/mol. The quantitative estimate of drug-likeness (QED) is 0.235. The number of carbonyl (C=O) groups is 1. The van der Waals surface area contributed by atoms with E-state index in [4.69, 9.17) is 11.6 Å². The Labute approximate surface area is 247 Å². The minimum Gasteiger partial charge on any atom is -0.388 e. The number of pyridine rings is 1. The van der Waals surface area contributed by atoms with Crippen molar-refractivity contribution in [1.29, 1.82) is 0 Å². The molecule has 1 aliphatic rings. The summed E-state index contributed by atoms with van der Waals surface area (Å²) in [4.78, 5) is 33.9. The molecule has 1 amide bonds. The van der Waals surface area contributed by atoms with Crippen LogP contribution in [0.2, 0.25) is 5.02 Å². The highest BCUT2D eigenvalue weighted by molar-refractivity contribution is 6.30. The van der Waals surface area contributed by atoms with Crippen LogP contribution in [-0.2, 0) is 19.3 Å². The highest BCUT2D eigenvalue weighted by Gasteiger charge is 2.42. The standard InChI is InChI=1S/C25H21ClF6N8O4/c26-14-5-3-13(4-6-14)18-37-39(22(43)38(18)10-16(41)25(30,31)32)11-17-35-20(21(42)34-12-23(44)7-8-23)40(36-17)19-15(24(27,28)29)2-1-9-33-19/h1-6,9,16,41,44H,7-8,10-12H2,(H,34,42). The smallest absolute Gasteiger partial charge is 0.388 e. The van der Waals surface area contributed by atoms with Gasteiger partial charge in [-0.2, -0.15) is 31.0 Å². The molecule has 44 heavy (non-hydrogen) atoms. The molecule has 0 radical (unpaired) electrons. The van der Waals surface area contributed by atoms with Crippen LogP contribution >= 0.6 is 11.6 Å². The third-order valence-corrected chi connectivity index (χ3v) is 6.85. The summed E-state index contributed by atoms with van der Waals surface area (Å²) in [5.74, 6) is -3.23. The third-order valence-electron chi connectivity index (χ3n) is 6.60. The van der Waals surface area contributed by atoms with Gasteiger partial charge in [-0.3, -0.25) is 9.36 Å². The molecule has 234 valence electrons. The molecule has 3 aromatic heterocycles. The Morgan fingerprint density at radius 2 is 1.77 bits per heavy atom. The first-order valence-electron chi connectivity index (χ1n) is 12.7. The van der Waals surface area contributed by atoms with Crippen LogP contribution in [0.15, 0.2) is 47.4 Å². The van der Waals surface area contributed by atoms with Crippen LogP contribution in [-0.4, -0.2) is 74.6 Å². The Hall–Kier alpha value is -4.29. The Morgan fingerprint density at radius 1 is 1.09 bits per heavy atom. The average Bonchev–Trinajstić information content (AvgIpc) is 3.42. The van der Waals surface area contributed by atoms with E-state index in [1.54, 1.807) is 0 Å². The number of aliphatic hydroxyl groups excluding tert-OH is 1. The van der Waals surface area contributed by atoms with Crippen molar-refractivity contribution in [2.45, 2.75) is 50.0 Å². The Morgan fingerprint density at radius 3 is 2.39 bits per heavy atom. The van der Waals surface area contributed by atoms with Gasteiger partial charge in [0.2, 0.25) is 5.82 Å². The Bertz CT molecular complexity index is 1740. The number of aliphatic hydroxyl groups is 2. The third kappa shape index (κ3) is 6.61. The molecule has 4 aromatic rings. The van der Waals surface area contributed by atoms with E-state index >= 15 is 0 Å². The molecule has 3 N–H and O–H groups in total. The van der Waals surface area contributed by atoms with Crippen LogP contribution in [0.1, 0.15) is 34.8 Å². The van der Waals surface area contributed by atoms with Crippen LogP contribution in [0.25, 0.3) is 17.2 Å². The van der Waals surface area contributed by atoms with Gasteiger partial charge in [-0.25, -0.2) is 19.4 Å². The molecule has 0 aliphatic heterocycles. The van der Waals surface area contributed by atoms with Crippen LogP contribution in [0.4, 0.5) is 26.3 Å². The number of hydrogen-bond acceptors (Lipinski definition) is 8. The fourth-order valence-corrected chi connectivity index (χ4v) is 4.21. The van der Waals surface area contributed by atoms with Crippen molar-refractivity contribution in [2.75, 3.05) is 6.54 Å². The van der Waals surface area contributed by atoms with E-state index in [0.29, 0.717) is 32.8 Å². The zero-order valence-electron chi connectivity index (χ0n) is 22.1. The Kier molecular flexibility index (Phi) is 8.02. The summed E-state index contributed by atoms with van der Waals surface area (Å²) in [5, 5.41) is 30.4. The van der Waals surface area contributed by atoms with Crippen LogP contribution in [0.5, 0.6) is 0 Å². The van der Waals surface area contributed by atoms with Crippen molar-refractivity contribution < 1.29 is 41.4 Å². The van der Waals surface area contributed by atoms with E-state index in [9.17, 15) is 46.1 Å². The Balaban J connectivity index is 1.57. The lowest BCUT2D eigenvalue weighted by atomic mass is 10.2. The van der Waals surface area contributed by atoms with Crippen LogP contribution in [0, 0.1) is 0 Å². The lowest BCUT2D eigenvalue weighted by molar-refractivity contribution is -0.207. The summed E-state index contributed by atoms with van der Waals surface area (Å²) in [6.45, 7) is -2.17. The molecular formula is C25H21ClF6N8O4. The fraction of sp³-hybridized carbons (Fsp3) is 0.360. The number of amides is 1. The van der Waals surface area contributed by atoms with Crippen LogP contribution < -0.4 is 11.0 Å². The molecule has 5 rings (SSSR count). The van der Waals surface area contributed by atoms with Gasteiger partial charge < -0.3 is 15.5 Å². The van der Waals surface area contributed by atoms with Gasteiger partial charge in [0.05, 0.1) is 12.1 Å². The largest absolute Gasteiger partial charge is 0.420 e. The maximum Gasteiger partial charge on any atom is 0.420 e. The first-order valence-corrected chi connectivity index (χ1v) is 13.1. The maximum atomic E-state index is 13.8. The lowest BCUT2D eigenvalue weighted by Gasteiger charge is -2.15. The number of nitrogens with one attached hydrogen (secondary N) is 1. The molecule has 0 bridgehead atoms. The van der Waals surface area contributed by atoms with Crippen molar-refractivity contribution in [3.05, 3.63) is 75.3 Å². The highest BCUT2D eigenvalue weighted by Crippen LogP contribution is 2.35. The first-order chi connectivity index (χ1) is 20.6. The molecule has 19 heteroatoms. The summed E-state index contributed by atoms with van der Waals surface area (Å²) in [5.41, 5.74) is -3.42. The van der Waals surface area contributed by atoms with Gasteiger partial charge in [-0.15, -0.1) is 10.2 Å². The molecule has 12 nitrogen and oxygen atoms in total. The summed E-state index contributed by atoms with van der Waals surface area (Å²) in [7, 11) is 0. The number of aromatic nitrogens is 7. The second-order valence-electron chi connectivity index (χ2n) is 9.98. The zero-order chi connectivity index (χ0) is 32.0. The normalized spacial score (nSPS) is 15.3. The SMILES string of the molecule is O=C(NCC1(O)CC1)c1nc(Cn2nc(-c3ccc(Cl)cc3)n(CC(O)C(F)(F)F)c2=O)nn1-c1ncccc1C(F)(F)F. The number of carbonyl (C=O) groups excluding carboxylic acids is 1. The van der Waals surface area contributed by atoms with Crippen LogP contribution in [0.3, 0.4) is 0 Å². The van der Waals surface area contributed by atoms with E-state index in [0.717, 1.165) is 12.3 Å². The van der Waals surface area contributed by atoms with E-state index in [-0.39, 0.29) is 23.0 Å². The van der Waals surface area contributed by atoms with Crippen molar-refractivity contribution in [2.24, 2.45) is 0 Å². The predicted molar refractivity (Wildman–Crippen MR) is 139 cm³/mol. The molecule has 1 aliphatic carbocycles. The minimum atomic E-state index is -5.08. The summed E-state index contributed by atoms with van der Waals surface area (Å²) < 4.78 is 82.6. The van der Waals surface area contributed by atoms with Crippen molar-refractivity contribution in [3.8, 4) is 17.2 Å². The molecule has 1 unspecified atom stereocenters.